The molecule has 1 atom stereocenters. The van der Waals surface area contributed by atoms with Crippen molar-refractivity contribution in [3.63, 3.8) is 0 Å². The van der Waals surface area contributed by atoms with Crippen LogP contribution in [0.2, 0.25) is 0 Å². The summed E-state index contributed by atoms with van der Waals surface area (Å²) in [6.45, 7) is 8.77. The van der Waals surface area contributed by atoms with Crippen LogP contribution in [0.4, 0.5) is 5.13 Å². The Kier molecular flexibility index (Phi) is 6.37. The molecule has 1 saturated heterocycles. The van der Waals surface area contributed by atoms with Crippen LogP contribution in [-0.2, 0) is 4.79 Å². The Hall–Kier alpha value is -0.920. The molecule has 8 heteroatoms. The van der Waals surface area contributed by atoms with Crippen LogP contribution in [0.5, 0.6) is 0 Å². The van der Waals surface area contributed by atoms with Crippen LogP contribution in [-0.4, -0.2) is 51.9 Å². The third kappa shape index (κ3) is 4.28. The summed E-state index contributed by atoms with van der Waals surface area (Å²) in [5, 5.41) is 0.943. The van der Waals surface area contributed by atoms with Gasteiger partial charge in [-0.05, 0) is 20.3 Å². The number of hydrogen-bond acceptors (Lipinski definition) is 6. The molecule has 1 fully saturated rings. The summed E-state index contributed by atoms with van der Waals surface area (Å²) in [5.41, 5.74) is 5.39. The van der Waals surface area contributed by atoms with Gasteiger partial charge in [-0.1, -0.05) is 13.3 Å². The molecule has 2 rings (SSSR count). The van der Waals surface area contributed by atoms with Gasteiger partial charge in [-0.3, -0.25) is 4.79 Å². The van der Waals surface area contributed by atoms with E-state index in [0.29, 0.717) is 13.1 Å². The van der Waals surface area contributed by atoms with Crippen LogP contribution in [0, 0.1) is 6.92 Å². The van der Waals surface area contributed by atoms with Crippen molar-refractivity contribution >= 4 is 35.0 Å². The van der Waals surface area contributed by atoms with Gasteiger partial charge in [-0.25, -0.2) is 4.98 Å². The van der Waals surface area contributed by atoms with Crippen molar-refractivity contribution in [1.29, 1.82) is 0 Å². The fraction of sp³-hybridized carbons (Fsp3) is 0.769. The highest BCUT2D eigenvalue weighted by atomic mass is 35.5. The first-order valence-corrected chi connectivity index (χ1v) is 7.85. The van der Waals surface area contributed by atoms with E-state index in [1.807, 2.05) is 25.7 Å². The minimum absolute atomic E-state index is 0. The number of piperazine rings is 1. The quantitative estimate of drug-likeness (QED) is 0.902. The first-order valence-electron chi connectivity index (χ1n) is 7.07. The lowest BCUT2D eigenvalue weighted by molar-refractivity contribution is -0.137. The molecule has 0 spiro atoms. The average molecular weight is 334 g/mol. The number of amides is 1. The highest BCUT2D eigenvalue weighted by Gasteiger charge is 2.33. The minimum atomic E-state index is -0.740. The Morgan fingerprint density at radius 3 is 2.48 bits per heavy atom. The molecular formula is C13H24ClN5OS. The minimum Gasteiger partial charge on any atom is -0.343 e. The second-order valence-corrected chi connectivity index (χ2v) is 6.30. The molecule has 2 heterocycles. The summed E-state index contributed by atoms with van der Waals surface area (Å²) in [5.74, 6) is 0.869. The SMILES string of the molecule is CCCC(C)(N)C(=O)N1CCN(c2nc(C)ns2)CC1.Cl. The maximum absolute atomic E-state index is 12.4. The number of nitrogens with two attached hydrogens (primary N) is 1. The zero-order valence-electron chi connectivity index (χ0n) is 12.8. The molecule has 21 heavy (non-hydrogen) atoms. The van der Waals surface area contributed by atoms with Gasteiger partial charge < -0.3 is 15.5 Å². The molecular weight excluding hydrogens is 310 g/mol. The lowest BCUT2D eigenvalue weighted by Gasteiger charge is -2.38. The predicted molar refractivity (Wildman–Crippen MR) is 88.2 cm³/mol. The van der Waals surface area contributed by atoms with E-state index < -0.39 is 5.54 Å². The number of rotatable bonds is 4. The third-order valence-electron chi connectivity index (χ3n) is 3.61. The van der Waals surface area contributed by atoms with E-state index in [1.54, 1.807) is 0 Å². The van der Waals surface area contributed by atoms with Gasteiger partial charge in [0.05, 0.1) is 5.54 Å². The Bertz CT molecular complexity index is 471. The van der Waals surface area contributed by atoms with Gasteiger partial charge in [0, 0.05) is 37.7 Å². The van der Waals surface area contributed by atoms with E-state index in [4.69, 9.17) is 5.73 Å². The molecule has 6 nitrogen and oxygen atoms in total. The van der Waals surface area contributed by atoms with Gasteiger partial charge in [-0.2, -0.15) is 4.37 Å². The largest absolute Gasteiger partial charge is 0.343 e. The number of aryl methyl sites for hydroxylation is 1. The van der Waals surface area contributed by atoms with Gasteiger partial charge in [0.25, 0.3) is 0 Å². The van der Waals surface area contributed by atoms with Crippen LogP contribution in [0.3, 0.4) is 0 Å². The van der Waals surface area contributed by atoms with Gasteiger partial charge in [0.1, 0.15) is 5.82 Å². The van der Waals surface area contributed by atoms with E-state index >= 15 is 0 Å². The van der Waals surface area contributed by atoms with E-state index in [2.05, 4.69) is 14.3 Å². The van der Waals surface area contributed by atoms with Crippen LogP contribution < -0.4 is 10.6 Å². The summed E-state index contributed by atoms with van der Waals surface area (Å²) in [4.78, 5) is 20.9. The van der Waals surface area contributed by atoms with Gasteiger partial charge in [0.2, 0.25) is 11.0 Å². The third-order valence-corrected chi connectivity index (χ3v) is 4.48. The number of halogens is 1. The molecule has 0 aromatic carbocycles. The molecule has 0 saturated carbocycles. The maximum Gasteiger partial charge on any atom is 0.242 e. The highest BCUT2D eigenvalue weighted by molar-refractivity contribution is 7.09. The van der Waals surface area contributed by atoms with E-state index in [1.165, 1.54) is 11.5 Å². The lowest BCUT2D eigenvalue weighted by atomic mass is 9.95. The molecule has 2 N–H and O–H groups in total. The molecule has 1 aromatic rings. The number of carbonyl (C=O) groups is 1. The van der Waals surface area contributed by atoms with E-state index in [0.717, 1.165) is 36.9 Å². The monoisotopic (exact) mass is 333 g/mol. The summed E-state index contributed by atoms with van der Waals surface area (Å²) >= 11 is 1.42. The van der Waals surface area contributed by atoms with Gasteiger partial charge in [-0.15, -0.1) is 12.4 Å². The predicted octanol–water partition coefficient (Wildman–Crippen LogP) is 1.43. The smallest absolute Gasteiger partial charge is 0.242 e. The lowest BCUT2D eigenvalue weighted by Crippen LogP contribution is -2.58. The first-order chi connectivity index (χ1) is 9.44. The normalized spacial score (nSPS) is 18.1. The Morgan fingerprint density at radius 1 is 1.38 bits per heavy atom. The second-order valence-electron chi connectivity index (χ2n) is 5.57. The van der Waals surface area contributed by atoms with Crippen molar-refractivity contribution in [2.75, 3.05) is 31.1 Å². The molecule has 1 unspecified atom stereocenters. The summed E-state index contributed by atoms with van der Waals surface area (Å²) < 4.78 is 4.20. The number of anilines is 1. The van der Waals surface area contributed by atoms with Gasteiger partial charge in [0.15, 0.2) is 0 Å². The molecule has 1 aliphatic rings. The van der Waals surface area contributed by atoms with Crippen molar-refractivity contribution in [1.82, 2.24) is 14.3 Å². The van der Waals surface area contributed by atoms with Crippen LogP contribution in [0.15, 0.2) is 0 Å². The van der Waals surface area contributed by atoms with Crippen molar-refractivity contribution in [3.05, 3.63) is 5.82 Å². The molecule has 1 aliphatic heterocycles. The van der Waals surface area contributed by atoms with E-state index in [-0.39, 0.29) is 18.3 Å². The summed E-state index contributed by atoms with van der Waals surface area (Å²) in [6.07, 6.45) is 1.64. The van der Waals surface area contributed by atoms with Crippen molar-refractivity contribution < 1.29 is 4.79 Å². The number of carbonyl (C=O) groups excluding carboxylic acids is 1. The van der Waals surface area contributed by atoms with E-state index in [9.17, 15) is 4.79 Å². The number of aromatic nitrogens is 2. The van der Waals surface area contributed by atoms with Crippen molar-refractivity contribution in [2.24, 2.45) is 5.73 Å². The molecule has 1 amide bonds. The Morgan fingerprint density at radius 2 is 2.00 bits per heavy atom. The Labute approximate surface area is 136 Å². The molecule has 0 bridgehead atoms. The molecule has 1 aromatic heterocycles. The van der Waals surface area contributed by atoms with Crippen LogP contribution >= 0.6 is 23.9 Å². The van der Waals surface area contributed by atoms with Crippen molar-refractivity contribution in [3.8, 4) is 0 Å². The maximum atomic E-state index is 12.4. The Balaban J connectivity index is 0.00000220. The highest BCUT2D eigenvalue weighted by Crippen LogP contribution is 2.20. The zero-order valence-corrected chi connectivity index (χ0v) is 14.5. The molecule has 120 valence electrons. The van der Waals surface area contributed by atoms with Crippen LogP contribution in [0.25, 0.3) is 0 Å². The number of hydrogen-bond donors (Lipinski definition) is 1. The molecule has 0 aliphatic carbocycles. The first kappa shape index (κ1) is 18.1. The summed E-state index contributed by atoms with van der Waals surface area (Å²) in [7, 11) is 0. The zero-order chi connectivity index (χ0) is 14.8. The topological polar surface area (TPSA) is 75.4 Å². The second kappa shape index (κ2) is 7.38. The number of nitrogens with zero attached hydrogens (tertiary/aromatic N) is 4. The van der Waals surface area contributed by atoms with Gasteiger partial charge >= 0.3 is 0 Å². The van der Waals surface area contributed by atoms with Crippen LogP contribution in [0.1, 0.15) is 32.5 Å². The average Bonchev–Trinajstić information content (AvgIpc) is 2.85. The fourth-order valence-electron chi connectivity index (χ4n) is 2.50. The fourth-order valence-corrected chi connectivity index (χ4v) is 3.23. The molecule has 0 radical (unpaired) electrons. The standard InChI is InChI=1S/C13H23N5OS.ClH/c1-4-5-13(3,14)11(19)17-6-8-18(9-7-17)12-15-10(2)16-20-12;/h4-9,14H2,1-3H3;1H. The summed E-state index contributed by atoms with van der Waals surface area (Å²) in [6, 6.07) is 0. The van der Waals surface area contributed by atoms with Crippen molar-refractivity contribution in [2.45, 2.75) is 39.2 Å².